The van der Waals surface area contributed by atoms with Gasteiger partial charge in [0.2, 0.25) is 0 Å². The number of esters is 1. The third-order valence-corrected chi connectivity index (χ3v) is 2.27. The topological polar surface area (TPSA) is 70.2 Å². The standard InChI is InChI=1S/C11H13N3O3/c1-4-16-11(15)9-10(17-6-12-9)8-5-7(2)13-14(8)3/h5-6H,4H2,1-3H3. The van der Waals surface area contributed by atoms with E-state index in [1.807, 2.05) is 13.0 Å². The van der Waals surface area contributed by atoms with Crippen molar-refractivity contribution in [1.29, 1.82) is 0 Å². The second-order valence-electron chi connectivity index (χ2n) is 3.55. The molecule has 17 heavy (non-hydrogen) atoms. The van der Waals surface area contributed by atoms with Gasteiger partial charge in [-0.2, -0.15) is 5.10 Å². The predicted molar refractivity (Wildman–Crippen MR) is 59.4 cm³/mol. The van der Waals surface area contributed by atoms with Crippen LogP contribution in [-0.4, -0.2) is 27.3 Å². The van der Waals surface area contributed by atoms with E-state index in [-0.39, 0.29) is 5.69 Å². The molecule has 0 aliphatic heterocycles. The van der Waals surface area contributed by atoms with Crippen LogP contribution in [0.15, 0.2) is 16.9 Å². The lowest BCUT2D eigenvalue weighted by Crippen LogP contribution is -2.07. The summed E-state index contributed by atoms with van der Waals surface area (Å²) >= 11 is 0. The molecule has 2 heterocycles. The quantitative estimate of drug-likeness (QED) is 0.755. The van der Waals surface area contributed by atoms with Gasteiger partial charge in [0.25, 0.3) is 0 Å². The van der Waals surface area contributed by atoms with Crippen molar-refractivity contribution in [3.8, 4) is 11.5 Å². The third-order valence-electron chi connectivity index (χ3n) is 2.27. The van der Waals surface area contributed by atoms with E-state index >= 15 is 0 Å². The van der Waals surface area contributed by atoms with E-state index in [0.717, 1.165) is 5.69 Å². The normalized spacial score (nSPS) is 10.5. The molecule has 6 nitrogen and oxygen atoms in total. The largest absolute Gasteiger partial charge is 0.461 e. The Hall–Kier alpha value is -2.11. The van der Waals surface area contributed by atoms with Crippen LogP contribution in [-0.2, 0) is 11.8 Å². The average molecular weight is 235 g/mol. The second kappa shape index (κ2) is 4.40. The molecule has 2 rings (SSSR count). The molecule has 0 fully saturated rings. The van der Waals surface area contributed by atoms with Gasteiger partial charge >= 0.3 is 5.97 Å². The first-order valence-corrected chi connectivity index (χ1v) is 5.25. The molecule has 0 saturated heterocycles. The Kier molecular flexibility index (Phi) is 2.95. The van der Waals surface area contributed by atoms with Crippen LogP contribution in [0.1, 0.15) is 23.1 Å². The molecular formula is C11H13N3O3. The van der Waals surface area contributed by atoms with E-state index in [1.54, 1.807) is 18.7 Å². The molecule has 0 atom stereocenters. The number of aromatic nitrogens is 3. The molecule has 6 heteroatoms. The molecule has 0 amide bonds. The Morgan fingerprint density at radius 3 is 2.94 bits per heavy atom. The molecule has 2 aromatic heterocycles. The van der Waals surface area contributed by atoms with E-state index in [1.165, 1.54) is 6.39 Å². The molecule has 0 aromatic carbocycles. The highest BCUT2D eigenvalue weighted by Gasteiger charge is 2.21. The molecule has 90 valence electrons. The highest BCUT2D eigenvalue weighted by Crippen LogP contribution is 2.23. The number of nitrogens with zero attached hydrogens (tertiary/aromatic N) is 3. The number of ether oxygens (including phenoxy) is 1. The minimum atomic E-state index is -0.491. The first kappa shape index (κ1) is 11.4. The summed E-state index contributed by atoms with van der Waals surface area (Å²) in [6.45, 7) is 3.91. The van der Waals surface area contributed by atoms with Crippen LogP contribution in [0.2, 0.25) is 0 Å². The van der Waals surface area contributed by atoms with Crippen molar-refractivity contribution < 1.29 is 13.9 Å². The maximum atomic E-state index is 11.6. The first-order chi connectivity index (χ1) is 8.13. The number of aryl methyl sites for hydroxylation is 2. The fraction of sp³-hybridized carbons (Fsp3) is 0.364. The van der Waals surface area contributed by atoms with Crippen LogP contribution in [0, 0.1) is 6.92 Å². The Morgan fingerprint density at radius 2 is 2.35 bits per heavy atom. The number of rotatable bonds is 3. The molecular weight excluding hydrogens is 222 g/mol. The molecule has 2 aromatic rings. The predicted octanol–water partition coefficient (Wildman–Crippen LogP) is 1.56. The van der Waals surface area contributed by atoms with Crippen molar-refractivity contribution in [3.63, 3.8) is 0 Å². The first-order valence-electron chi connectivity index (χ1n) is 5.25. The minimum absolute atomic E-state index is 0.176. The maximum absolute atomic E-state index is 11.6. The number of carbonyl (C=O) groups is 1. The monoisotopic (exact) mass is 235 g/mol. The zero-order chi connectivity index (χ0) is 12.4. The van der Waals surface area contributed by atoms with Gasteiger partial charge in [-0.05, 0) is 19.9 Å². The van der Waals surface area contributed by atoms with Crippen LogP contribution in [0.5, 0.6) is 0 Å². The SMILES string of the molecule is CCOC(=O)c1ncoc1-c1cc(C)nn1C. The van der Waals surface area contributed by atoms with Crippen LogP contribution >= 0.6 is 0 Å². The molecule has 0 aliphatic rings. The fourth-order valence-electron chi connectivity index (χ4n) is 1.60. The van der Waals surface area contributed by atoms with Crippen LogP contribution < -0.4 is 0 Å². The zero-order valence-corrected chi connectivity index (χ0v) is 9.93. The van der Waals surface area contributed by atoms with Crippen molar-refractivity contribution in [3.05, 3.63) is 23.8 Å². The number of carbonyl (C=O) groups excluding carboxylic acids is 1. The summed E-state index contributed by atoms with van der Waals surface area (Å²) in [6.07, 6.45) is 1.23. The van der Waals surface area contributed by atoms with Gasteiger partial charge < -0.3 is 9.15 Å². The lowest BCUT2D eigenvalue weighted by atomic mass is 10.2. The van der Waals surface area contributed by atoms with Gasteiger partial charge in [-0.1, -0.05) is 0 Å². The van der Waals surface area contributed by atoms with Gasteiger partial charge in [0.15, 0.2) is 17.8 Å². The zero-order valence-electron chi connectivity index (χ0n) is 9.93. The van der Waals surface area contributed by atoms with Crippen LogP contribution in [0.25, 0.3) is 11.5 Å². The molecule has 0 spiro atoms. The van der Waals surface area contributed by atoms with E-state index < -0.39 is 5.97 Å². The molecule has 0 aliphatic carbocycles. The van der Waals surface area contributed by atoms with Crippen molar-refractivity contribution in [2.75, 3.05) is 6.61 Å². The van der Waals surface area contributed by atoms with E-state index in [9.17, 15) is 4.79 Å². The van der Waals surface area contributed by atoms with E-state index in [0.29, 0.717) is 18.1 Å². The van der Waals surface area contributed by atoms with Gasteiger partial charge in [-0.25, -0.2) is 9.78 Å². The van der Waals surface area contributed by atoms with Crippen molar-refractivity contribution in [1.82, 2.24) is 14.8 Å². The summed E-state index contributed by atoms with van der Waals surface area (Å²) in [5.41, 5.74) is 1.71. The summed E-state index contributed by atoms with van der Waals surface area (Å²) in [5, 5.41) is 4.19. The molecule has 0 saturated carbocycles. The van der Waals surface area contributed by atoms with E-state index in [2.05, 4.69) is 10.1 Å². The summed E-state index contributed by atoms with van der Waals surface area (Å²) < 4.78 is 11.8. The fourth-order valence-corrected chi connectivity index (χ4v) is 1.60. The summed E-state index contributed by atoms with van der Waals surface area (Å²) in [6, 6.07) is 1.82. The Labute approximate surface area is 98.2 Å². The minimum Gasteiger partial charge on any atom is -0.461 e. The smallest absolute Gasteiger partial charge is 0.361 e. The highest BCUT2D eigenvalue weighted by atomic mass is 16.5. The van der Waals surface area contributed by atoms with Crippen LogP contribution in [0.3, 0.4) is 0 Å². The Morgan fingerprint density at radius 1 is 1.59 bits per heavy atom. The molecule has 0 unspecified atom stereocenters. The van der Waals surface area contributed by atoms with Crippen LogP contribution in [0.4, 0.5) is 0 Å². The molecule has 0 bridgehead atoms. The van der Waals surface area contributed by atoms with Gasteiger partial charge in [0.1, 0.15) is 5.69 Å². The van der Waals surface area contributed by atoms with Crippen molar-refractivity contribution in [2.24, 2.45) is 7.05 Å². The Balaban J connectivity index is 2.43. The number of hydrogen-bond donors (Lipinski definition) is 0. The lowest BCUT2D eigenvalue weighted by Gasteiger charge is -2.01. The molecule has 0 N–H and O–H groups in total. The number of hydrogen-bond acceptors (Lipinski definition) is 5. The third kappa shape index (κ3) is 2.06. The van der Waals surface area contributed by atoms with Crippen molar-refractivity contribution in [2.45, 2.75) is 13.8 Å². The summed E-state index contributed by atoms with van der Waals surface area (Å²) in [7, 11) is 1.78. The van der Waals surface area contributed by atoms with Gasteiger partial charge in [-0.3, -0.25) is 4.68 Å². The molecule has 0 radical (unpaired) electrons. The van der Waals surface area contributed by atoms with Gasteiger partial charge in [0.05, 0.1) is 12.3 Å². The summed E-state index contributed by atoms with van der Waals surface area (Å²) in [4.78, 5) is 15.5. The Bertz CT molecular complexity index is 542. The second-order valence-corrected chi connectivity index (χ2v) is 3.55. The maximum Gasteiger partial charge on any atom is 0.361 e. The summed E-state index contributed by atoms with van der Waals surface area (Å²) in [5.74, 6) is -0.110. The van der Waals surface area contributed by atoms with Gasteiger partial charge in [-0.15, -0.1) is 0 Å². The van der Waals surface area contributed by atoms with Gasteiger partial charge in [0, 0.05) is 7.05 Å². The number of oxazole rings is 1. The highest BCUT2D eigenvalue weighted by molar-refractivity contribution is 5.93. The van der Waals surface area contributed by atoms with E-state index in [4.69, 9.17) is 9.15 Å². The average Bonchev–Trinajstić information content (AvgIpc) is 2.84. The van der Waals surface area contributed by atoms with Crippen molar-refractivity contribution >= 4 is 5.97 Å². The lowest BCUT2D eigenvalue weighted by molar-refractivity contribution is 0.0520.